The Labute approximate surface area is 135 Å². The van der Waals surface area contributed by atoms with E-state index in [1.165, 1.54) is 0 Å². The number of hydrogen-bond donors (Lipinski definition) is 1. The fourth-order valence-corrected chi connectivity index (χ4v) is 2.55. The summed E-state index contributed by atoms with van der Waals surface area (Å²) in [5.41, 5.74) is 3.32. The molecule has 1 aliphatic heterocycles. The van der Waals surface area contributed by atoms with Crippen molar-refractivity contribution < 1.29 is 14.3 Å². The van der Waals surface area contributed by atoms with E-state index >= 15 is 0 Å². The van der Waals surface area contributed by atoms with E-state index in [0.29, 0.717) is 23.7 Å². The highest BCUT2D eigenvalue weighted by Crippen LogP contribution is 2.34. The second-order valence-corrected chi connectivity index (χ2v) is 5.32. The molecular weight excluding hydrogens is 290 g/mol. The fraction of sp³-hybridized carbons (Fsp3) is 0.211. The Morgan fingerprint density at radius 2 is 1.96 bits per heavy atom. The number of carbonyl (C=O) groups excluding carboxylic acids is 1. The third-order valence-corrected chi connectivity index (χ3v) is 3.67. The van der Waals surface area contributed by atoms with Crippen LogP contribution in [-0.4, -0.2) is 19.6 Å². The zero-order valence-electron chi connectivity index (χ0n) is 13.3. The summed E-state index contributed by atoms with van der Waals surface area (Å²) in [5.74, 6) is 1.30. The minimum Gasteiger partial charge on any atom is -0.493 e. The molecule has 0 saturated heterocycles. The van der Waals surface area contributed by atoms with E-state index in [-0.39, 0.29) is 5.91 Å². The molecule has 4 nitrogen and oxygen atoms in total. The maximum Gasteiger partial charge on any atom is 0.256 e. The molecular formula is C19H19NO3. The largest absolute Gasteiger partial charge is 0.493 e. The molecule has 1 heterocycles. The molecule has 2 aromatic rings. The Bertz CT molecular complexity index is 765. The molecule has 3 rings (SSSR count). The van der Waals surface area contributed by atoms with Crippen LogP contribution in [0, 0.1) is 0 Å². The van der Waals surface area contributed by atoms with Crippen LogP contribution in [0.3, 0.4) is 0 Å². The van der Waals surface area contributed by atoms with E-state index in [0.717, 1.165) is 23.2 Å². The van der Waals surface area contributed by atoms with Crippen molar-refractivity contribution in [3.8, 4) is 11.5 Å². The molecule has 2 aromatic carbocycles. The number of fused-ring (bicyclic) bond motifs is 1. The van der Waals surface area contributed by atoms with Crippen molar-refractivity contribution in [1.29, 1.82) is 0 Å². The summed E-state index contributed by atoms with van der Waals surface area (Å²) in [5, 5.41) is 2.87. The number of para-hydroxylation sites is 1. The van der Waals surface area contributed by atoms with Crippen molar-refractivity contribution in [3.63, 3.8) is 0 Å². The lowest BCUT2D eigenvalue weighted by molar-refractivity contribution is -0.110. The lowest BCUT2D eigenvalue weighted by Gasteiger charge is -2.10. The third kappa shape index (κ3) is 3.06. The normalized spacial score (nSPS) is 14.5. The van der Waals surface area contributed by atoms with Crippen LogP contribution in [0.25, 0.3) is 11.6 Å². The lowest BCUT2D eigenvalue weighted by atomic mass is 10.0. The first-order valence-electron chi connectivity index (χ1n) is 7.66. The van der Waals surface area contributed by atoms with Crippen LogP contribution in [0.1, 0.15) is 24.5 Å². The Morgan fingerprint density at radius 3 is 2.74 bits per heavy atom. The second kappa shape index (κ2) is 6.57. The zero-order chi connectivity index (χ0) is 16.2. The number of amides is 1. The van der Waals surface area contributed by atoms with Crippen LogP contribution in [0.2, 0.25) is 0 Å². The number of benzene rings is 2. The molecule has 0 spiro atoms. The molecule has 4 heteroatoms. The smallest absolute Gasteiger partial charge is 0.256 e. The van der Waals surface area contributed by atoms with Gasteiger partial charge in [-0.2, -0.15) is 0 Å². The first-order chi connectivity index (χ1) is 11.2. The van der Waals surface area contributed by atoms with Crippen LogP contribution in [0.15, 0.2) is 42.5 Å². The molecule has 0 fully saturated rings. The molecule has 0 atom stereocenters. The summed E-state index contributed by atoms with van der Waals surface area (Å²) in [7, 11) is 1.61. The Balaban J connectivity index is 1.95. The van der Waals surface area contributed by atoms with Crippen molar-refractivity contribution in [3.05, 3.63) is 53.6 Å². The average molecular weight is 309 g/mol. The molecule has 23 heavy (non-hydrogen) atoms. The number of hydrogen-bond acceptors (Lipinski definition) is 3. The van der Waals surface area contributed by atoms with Gasteiger partial charge in [0.05, 0.1) is 13.7 Å². The van der Waals surface area contributed by atoms with Crippen LogP contribution in [-0.2, 0) is 4.79 Å². The Kier molecular flexibility index (Phi) is 4.33. The summed E-state index contributed by atoms with van der Waals surface area (Å²) >= 11 is 0. The summed E-state index contributed by atoms with van der Waals surface area (Å²) < 4.78 is 11.0. The standard InChI is InChI=1S/C19H19NO3/c1-3-10-23-17-9-8-13(12-18(17)22-2)11-15-14-6-4-5-7-16(14)20-19(15)21/h4-9,11-12H,3,10H2,1-2H3,(H,20,21)/b15-11+. The number of anilines is 1. The summed E-state index contributed by atoms with van der Waals surface area (Å²) in [6.07, 6.45) is 2.80. The Hall–Kier alpha value is -2.75. The minimum absolute atomic E-state index is 0.0866. The number of ether oxygens (including phenoxy) is 2. The van der Waals surface area contributed by atoms with Gasteiger partial charge in [0.1, 0.15) is 0 Å². The van der Waals surface area contributed by atoms with Gasteiger partial charge in [0.25, 0.3) is 5.91 Å². The maximum atomic E-state index is 12.2. The van der Waals surface area contributed by atoms with Crippen molar-refractivity contribution in [1.82, 2.24) is 0 Å². The number of nitrogens with one attached hydrogen (secondary N) is 1. The van der Waals surface area contributed by atoms with E-state index in [9.17, 15) is 4.79 Å². The monoisotopic (exact) mass is 309 g/mol. The fourth-order valence-electron chi connectivity index (χ4n) is 2.55. The summed E-state index contributed by atoms with van der Waals surface area (Å²) in [6, 6.07) is 13.4. The van der Waals surface area contributed by atoms with E-state index < -0.39 is 0 Å². The van der Waals surface area contributed by atoms with Gasteiger partial charge >= 0.3 is 0 Å². The molecule has 1 amide bonds. The number of methoxy groups -OCH3 is 1. The number of carbonyl (C=O) groups is 1. The maximum absolute atomic E-state index is 12.2. The molecule has 0 aromatic heterocycles. The minimum atomic E-state index is -0.0866. The van der Waals surface area contributed by atoms with E-state index in [2.05, 4.69) is 12.2 Å². The molecule has 1 aliphatic rings. The highest BCUT2D eigenvalue weighted by molar-refractivity contribution is 6.34. The van der Waals surface area contributed by atoms with Gasteiger partial charge in [-0.3, -0.25) is 4.79 Å². The first-order valence-corrected chi connectivity index (χ1v) is 7.66. The van der Waals surface area contributed by atoms with Gasteiger partial charge in [0, 0.05) is 16.8 Å². The molecule has 1 N–H and O–H groups in total. The Morgan fingerprint density at radius 1 is 1.13 bits per heavy atom. The van der Waals surface area contributed by atoms with Gasteiger partial charge in [0.2, 0.25) is 0 Å². The molecule has 0 saturated carbocycles. The zero-order valence-corrected chi connectivity index (χ0v) is 13.3. The van der Waals surface area contributed by atoms with Crippen LogP contribution >= 0.6 is 0 Å². The van der Waals surface area contributed by atoms with Crippen LogP contribution in [0.5, 0.6) is 11.5 Å². The topological polar surface area (TPSA) is 47.6 Å². The van der Waals surface area contributed by atoms with Crippen LogP contribution in [0.4, 0.5) is 5.69 Å². The van der Waals surface area contributed by atoms with Crippen molar-refractivity contribution >= 4 is 23.2 Å². The third-order valence-electron chi connectivity index (χ3n) is 3.67. The highest BCUT2D eigenvalue weighted by Gasteiger charge is 2.23. The van der Waals surface area contributed by atoms with E-state index in [1.807, 2.05) is 48.5 Å². The van der Waals surface area contributed by atoms with Crippen molar-refractivity contribution in [2.24, 2.45) is 0 Å². The predicted octanol–water partition coefficient (Wildman–Crippen LogP) is 3.98. The van der Waals surface area contributed by atoms with Crippen LogP contribution < -0.4 is 14.8 Å². The molecule has 0 unspecified atom stereocenters. The second-order valence-electron chi connectivity index (χ2n) is 5.32. The lowest BCUT2D eigenvalue weighted by Crippen LogP contribution is -2.03. The SMILES string of the molecule is CCCOc1ccc(/C=C2/C(=O)Nc3ccccc32)cc1OC. The number of rotatable bonds is 5. The van der Waals surface area contributed by atoms with Gasteiger partial charge in [-0.25, -0.2) is 0 Å². The van der Waals surface area contributed by atoms with E-state index in [4.69, 9.17) is 9.47 Å². The van der Waals surface area contributed by atoms with Gasteiger partial charge in [-0.1, -0.05) is 31.2 Å². The van der Waals surface area contributed by atoms with Crippen molar-refractivity contribution in [2.75, 3.05) is 19.0 Å². The predicted molar refractivity (Wildman–Crippen MR) is 91.7 cm³/mol. The first kappa shape index (κ1) is 15.2. The van der Waals surface area contributed by atoms with Gasteiger partial charge in [0.15, 0.2) is 11.5 Å². The van der Waals surface area contributed by atoms with Gasteiger partial charge in [-0.15, -0.1) is 0 Å². The molecule has 0 bridgehead atoms. The van der Waals surface area contributed by atoms with E-state index in [1.54, 1.807) is 7.11 Å². The summed E-state index contributed by atoms with van der Waals surface area (Å²) in [4.78, 5) is 12.2. The molecule has 0 radical (unpaired) electrons. The molecule has 118 valence electrons. The van der Waals surface area contributed by atoms with Gasteiger partial charge < -0.3 is 14.8 Å². The molecule has 0 aliphatic carbocycles. The van der Waals surface area contributed by atoms with Crippen molar-refractivity contribution in [2.45, 2.75) is 13.3 Å². The van der Waals surface area contributed by atoms with Gasteiger partial charge in [-0.05, 0) is 36.3 Å². The quantitative estimate of drug-likeness (QED) is 0.850. The summed E-state index contributed by atoms with van der Waals surface area (Å²) in [6.45, 7) is 2.70. The highest BCUT2D eigenvalue weighted by atomic mass is 16.5. The average Bonchev–Trinajstić information content (AvgIpc) is 2.89.